The summed E-state index contributed by atoms with van der Waals surface area (Å²) in [6.07, 6.45) is 0.982. The summed E-state index contributed by atoms with van der Waals surface area (Å²) in [6, 6.07) is 25.5. The molecule has 4 aromatic rings. The van der Waals surface area contributed by atoms with Crippen LogP contribution in [-0.4, -0.2) is 74.7 Å². The lowest BCUT2D eigenvalue weighted by molar-refractivity contribution is -0.142. The predicted octanol–water partition coefficient (Wildman–Crippen LogP) is 6.22. The summed E-state index contributed by atoms with van der Waals surface area (Å²) < 4.78 is 1.50. The molecule has 8 nitrogen and oxygen atoms in total. The largest absolute Gasteiger partial charge is 0.481 e. The number of benzene rings is 2. The van der Waals surface area contributed by atoms with Crippen LogP contribution in [0.5, 0.6) is 0 Å². The van der Waals surface area contributed by atoms with Gasteiger partial charge in [0.05, 0.1) is 11.7 Å². The third-order valence-corrected chi connectivity index (χ3v) is 7.85. The van der Waals surface area contributed by atoms with Gasteiger partial charge in [-0.15, -0.1) is 42.3 Å². The van der Waals surface area contributed by atoms with Gasteiger partial charge in [0.15, 0.2) is 10.8 Å². The summed E-state index contributed by atoms with van der Waals surface area (Å²) in [5, 5.41) is 17.7. The van der Waals surface area contributed by atoms with E-state index in [9.17, 15) is 9.90 Å². The minimum atomic E-state index is -1.20. The number of aromatic nitrogens is 3. The molecule has 0 spiro atoms. The number of fused-ring (bicyclic) bond motifs is 1. The number of aliphatic carboxylic acids is 1. The molecule has 5 rings (SSSR count). The van der Waals surface area contributed by atoms with Crippen molar-refractivity contribution in [1.82, 2.24) is 24.4 Å². The van der Waals surface area contributed by atoms with Gasteiger partial charge in [-0.25, -0.2) is 9.50 Å². The zero-order valence-electron chi connectivity index (χ0n) is 23.6. The molecule has 1 saturated heterocycles. The molecule has 0 atom stereocenters. The van der Waals surface area contributed by atoms with Crippen molar-refractivity contribution in [3.05, 3.63) is 94.8 Å². The maximum absolute atomic E-state index is 11.7. The third kappa shape index (κ3) is 7.86. The summed E-state index contributed by atoms with van der Waals surface area (Å²) in [5.74, 6) is -0.303. The molecule has 0 unspecified atom stereocenters. The van der Waals surface area contributed by atoms with Crippen LogP contribution in [0.4, 0.5) is 5.82 Å². The number of piperazine rings is 1. The molecule has 3 heterocycles. The SMILES string of the molecule is CC(C)(C(=O)O)c1nc2ccc(NCCCN3CCN(C(c4ccccc4)c4ccccc4)CC3)nn2c1Cl.Cl.Cl.Cl. The average Bonchev–Trinajstić information content (AvgIpc) is 3.29. The van der Waals surface area contributed by atoms with E-state index in [0.717, 1.165) is 45.7 Å². The lowest BCUT2D eigenvalue weighted by atomic mass is 9.90. The quantitative estimate of drug-likeness (QED) is 0.196. The van der Waals surface area contributed by atoms with Gasteiger partial charge in [-0.1, -0.05) is 72.3 Å². The molecule has 2 aromatic carbocycles. The van der Waals surface area contributed by atoms with Gasteiger partial charge in [0, 0.05) is 32.7 Å². The summed E-state index contributed by atoms with van der Waals surface area (Å²) in [5.41, 5.74) is 2.30. The van der Waals surface area contributed by atoms with E-state index in [1.54, 1.807) is 19.9 Å². The fraction of sp³-hybridized carbons (Fsp3) is 0.367. The number of carboxylic acid groups (broad SMARTS) is 1. The van der Waals surface area contributed by atoms with Gasteiger partial charge in [0.1, 0.15) is 11.2 Å². The van der Waals surface area contributed by atoms with Crippen LogP contribution >= 0.6 is 48.8 Å². The van der Waals surface area contributed by atoms with Gasteiger partial charge >= 0.3 is 5.97 Å². The van der Waals surface area contributed by atoms with Gasteiger partial charge in [0.25, 0.3) is 0 Å². The molecule has 1 aliphatic heterocycles. The lowest BCUT2D eigenvalue weighted by Gasteiger charge is -2.39. The maximum atomic E-state index is 11.7. The fourth-order valence-electron chi connectivity index (χ4n) is 5.15. The normalized spacial score (nSPS) is 14.1. The first kappa shape index (κ1) is 35.6. The molecule has 0 bridgehead atoms. The Kier molecular flexibility index (Phi) is 13.4. The van der Waals surface area contributed by atoms with E-state index in [-0.39, 0.29) is 48.4 Å². The zero-order valence-corrected chi connectivity index (χ0v) is 26.9. The fourth-order valence-corrected chi connectivity index (χ4v) is 5.55. The lowest BCUT2D eigenvalue weighted by Crippen LogP contribution is -2.48. The number of nitrogens with one attached hydrogen (secondary N) is 1. The first-order chi connectivity index (χ1) is 18.8. The monoisotopic (exact) mass is 654 g/mol. The van der Waals surface area contributed by atoms with Gasteiger partial charge in [-0.05, 0) is 50.1 Å². The second-order valence-corrected chi connectivity index (χ2v) is 10.9. The number of carbonyl (C=O) groups is 1. The molecular weight excluding hydrogens is 618 g/mol. The van der Waals surface area contributed by atoms with Crippen molar-refractivity contribution in [1.29, 1.82) is 0 Å². The van der Waals surface area contributed by atoms with Crippen LogP contribution in [0.3, 0.4) is 0 Å². The molecule has 1 aliphatic rings. The van der Waals surface area contributed by atoms with Crippen molar-refractivity contribution < 1.29 is 9.90 Å². The van der Waals surface area contributed by atoms with Crippen LogP contribution in [0.2, 0.25) is 5.15 Å². The number of hydrogen-bond donors (Lipinski definition) is 2. The van der Waals surface area contributed by atoms with Crippen LogP contribution in [0.25, 0.3) is 5.65 Å². The van der Waals surface area contributed by atoms with Crippen molar-refractivity contribution in [3.63, 3.8) is 0 Å². The van der Waals surface area contributed by atoms with E-state index >= 15 is 0 Å². The number of carboxylic acids is 1. The molecule has 2 N–H and O–H groups in total. The first-order valence-electron chi connectivity index (χ1n) is 13.4. The van der Waals surface area contributed by atoms with E-state index in [1.807, 2.05) is 6.07 Å². The molecular formula is C30H38Cl4N6O2. The number of nitrogens with zero attached hydrogens (tertiary/aromatic N) is 5. The average molecular weight is 656 g/mol. The van der Waals surface area contributed by atoms with E-state index in [0.29, 0.717) is 17.2 Å². The molecule has 12 heteroatoms. The third-order valence-electron chi connectivity index (χ3n) is 7.51. The molecule has 2 aromatic heterocycles. The summed E-state index contributed by atoms with van der Waals surface area (Å²) in [6.45, 7) is 9.07. The molecule has 0 saturated carbocycles. The summed E-state index contributed by atoms with van der Waals surface area (Å²) in [4.78, 5) is 21.2. The second kappa shape index (κ2) is 15.8. The Balaban J connectivity index is 0.00000205. The highest BCUT2D eigenvalue weighted by Gasteiger charge is 2.35. The van der Waals surface area contributed by atoms with E-state index in [2.05, 4.69) is 85.9 Å². The number of hydrogen-bond acceptors (Lipinski definition) is 6. The molecule has 0 radical (unpaired) electrons. The predicted molar refractivity (Wildman–Crippen MR) is 176 cm³/mol. The topological polar surface area (TPSA) is 86.0 Å². The van der Waals surface area contributed by atoms with Crippen LogP contribution in [0, 0.1) is 0 Å². The van der Waals surface area contributed by atoms with Gasteiger partial charge < -0.3 is 15.3 Å². The second-order valence-electron chi connectivity index (χ2n) is 10.6. The Labute approximate surface area is 270 Å². The highest BCUT2D eigenvalue weighted by Crippen LogP contribution is 2.31. The van der Waals surface area contributed by atoms with Crippen molar-refractivity contribution >= 4 is 66.3 Å². The Morgan fingerprint density at radius 3 is 2.05 bits per heavy atom. The highest BCUT2D eigenvalue weighted by molar-refractivity contribution is 6.30. The molecule has 228 valence electrons. The van der Waals surface area contributed by atoms with Crippen molar-refractivity contribution in [2.45, 2.75) is 31.7 Å². The van der Waals surface area contributed by atoms with Crippen LogP contribution in [0.1, 0.15) is 43.1 Å². The number of rotatable bonds is 10. The van der Waals surface area contributed by atoms with Crippen LogP contribution in [0.15, 0.2) is 72.8 Å². The van der Waals surface area contributed by atoms with E-state index < -0.39 is 11.4 Å². The Bertz CT molecular complexity index is 1370. The zero-order chi connectivity index (χ0) is 27.4. The standard InChI is InChI=1S/C30H35ClN6O2.3ClH/c1-30(2,29(38)39)27-28(31)37-25(33-27)15-14-24(34-37)32-16-9-17-35-18-20-36(21-19-35)26(22-10-5-3-6-11-22)23-12-7-4-8-13-23;;;/h3-8,10-15,26H,9,16-21H2,1-2H3,(H,32,34)(H,38,39);3*1H. The summed E-state index contributed by atoms with van der Waals surface area (Å²) in [7, 11) is 0. The van der Waals surface area contributed by atoms with E-state index in [1.165, 1.54) is 15.6 Å². The van der Waals surface area contributed by atoms with Crippen molar-refractivity contribution in [3.8, 4) is 0 Å². The minimum absolute atomic E-state index is 0. The molecule has 0 amide bonds. The van der Waals surface area contributed by atoms with Gasteiger partial charge in [-0.3, -0.25) is 9.69 Å². The van der Waals surface area contributed by atoms with Crippen LogP contribution in [-0.2, 0) is 10.2 Å². The molecule has 0 aliphatic carbocycles. The number of anilines is 1. The number of imidazole rings is 1. The Hall–Kier alpha value is -2.59. The Morgan fingerprint density at radius 2 is 1.50 bits per heavy atom. The number of halogens is 4. The highest BCUT2D eigenvalue weighted by atomic mass is 35.5. The van der Waals surface area contributed by atoms with Crippen molar-refractivity contribution in [2.24, 2.45) is 0 Å². The molecule has 42 heavy (non-hydrogen) atoms. The maximum Gasteiger partial charge on any atom is 0.315 e. The summed E-state index contributed by atoms with van der Waals surface area (Å²) >= 11 is 6.47. The van der Waals surface area contributed by atoms with Crippen LogP contribution < -0.4 is 5.32 Å². The Morgan fingerprint density at radius 1 is 0.929 bits per heavy atom. The van der Waals surface area contributed by atoms with E-state index in [4.69, 9.17) is 11.6 Å². The van der Waals surface area contributed by atoms with Crippen molar-refractivity contribution in [2.75, 3.05) is 44.6 Å². The van der Waals surface area contributed by atoms with Gasteiger partial charge in [0.2, 0.25) is 0 Å². The van der Waals surface area contributed by atoms with Gasteiger partial charge in [-0.2, -0.15) is 0 Å². The molecule has 1 fully saturated rings. The smallest absolute Gasteiger partial charge is 0.315 e. The first-order valence-corrected chi connectivity index (χ1v) is 13.8. The minimum Gasteiger partial charge on any atom is -0.481 e.